The molecule has 1 heterocycles. The fourth-order valence-electron chi connectivity index (χ4n) is 8.76. The molecule has 5 rings (SSSR count). The second-order valence-electron chi connectivity index (χ2n) is 11.8. The van der Waals surface area contributed by atoms with E-state index in [1.807, 2.05) is 12.4 Å². The molecule has 0 aromatic carbocycles. The number of hydrogen-bond acceptors (Lipinski definition) is 2. The molecule has 1 aromatic rings. The van der Waals surface area contributed by atoms with E-state index in [-0.39, 0.29) is 6.10 Å². The minimum atomic E-state index is -0.0914. The summed E-state index contributed by atoms with van der Waals surface area (Å²) in [5.41, 5.74) is 3.90. The van der Waals surface area contributed by atoms with Crippen LogP contribution in [0.25, 0.3) is 0 Å². The number of hydrogen-bond donors (Lipinski definition) is 1. The van der Waals surface area contributed by atoms with E-state index in [1.165, 1.54) is 56.9 Å². The molecule has 8 atom stereocenters. The van der Waals surface area contributed by atoms with Gasteiger partial charge < -0.3 is 5.11 Å². The summed E-state index contributed by atoms with van der Waals surface area (Å²) in [7, 11) is 0. The zero-order chi connectivity index (χ0) is 20.9. The second kappa shape index (κ2) is 7.76. The summed E-state index contributed by atoms with van der Waals surface area (Å²) in [4.78, 5) is 4.31. The van der Waals surface area contributed by atoms with Gasteiger partial charge >= 0.3 is 0 Å². The third kappa shape index (κ3) is 3.29. The largest absolute Gasteiger partial charge is 0.393 e. The Balaban J connectivity index is 1.31. The molecule has 2 nitrogen and oxygen atoms in total. The van der Waals surface area contributed by atoms with Crippen molar-refractivity contribution in [3.63, 3.8) is 0 Å². The van der Waals surface area contributed by atoms with Crippen LogP contribution in [0.15, 0.2) is 36.2 Å². The molecular formula is C28H41NO. The first-order chi connectivity index (χ1) is 14.4. The Labute approximate surface area is 183 Å². The van der Waals surface area contributed by atoms with E-state index in [1.54, 1.807) is 5.57 Å². The Hall–Kier alpha value is -1.15. The molecule has 0 saturated heterocycles. The standard InChI is InChI=1S/C28H41NO/c1-19(6-7-20-5-4-16-29-18-20)24-10-11-25-23-9-8-21-17-22(30)12-14-27(21,2)26(23)13-15-28(24,25)3/h4-5,8,16,18-19,22-26,30H,6-7,9-15,17H2,1-3H3/t19?,22?,23?,24?,25?,26?,27-,28?/m0/s1. The second-order valence-corrected chi connectivity index (χ2v) is 11.8. The summed E-state index contributed by atoms with van der Waals surface area (Å²) in [6.45, 7) is 7.74. The molecule has 1 aromatic heterocycles. The van der Waals surface area contributed by atoms with Crippen LogP contribution in [-0.4, -0.2) is 16.2 Å². The lowest BCUT2D eigenvalue weighted by molar-refractivity contribution is -0.0571. The highest BCUT2D eigenvalue weighted by atomic mass is 16.3. The smallest absolute Gasteiger partial charge is 0.0577 e. The Morgan fingerprint density at radius 1 is 1.13 bits per heavy atom. The molecule has 0 bridgehead atoms. The first kappa shape index (κ1) is 20.7. The zero-order valence-corrected chi connectivity index (χ0v) is 19.3. The molecule has 4 aliphatic carbocycles. The van der Waals surface area contributed by atoms with E-state index in [0.717, 1.165) is 42.4 Å². The first-order valence-electron chi connectivity index (χ1n) is 12.7. The highest BCUT2D eigenvalue weighted by Gasteiger charge is 2.59. The molecule has 1 N–H and O–H groups in total. The zero-order valence-electron chi connectivity index (χ0n) is 19.3. The molecule has 164 valence electrons. The fraction of sp³-hybridized carbons (Fsp3) is 0.750. The van der Waals surface area contributed by atoms with Crippen molar-refractivity contribution < 1.29 is 5.11 Å². The van der Waals surface area contributed by atoms with Gasteiger partial charge in [-0.3, -0.25) is 4.98 Å². The monoisotopic (exact) mass is 407 g/mol. The summed E-state index contributed by atoms with van der Waals surface area (Å²) in [5, 5.41) is 10.2. The topological polar surface area (TPSA) is 33.1 Å². The Morgan fingerprint density at radius 3 is 2.80 bits per heavy atom. The highest BCUT2D eigenvalue weighted by Crippen LogP contribution is 2.67. The normalized spacial score (nSPS) is 43.9. The van der Waals surface area contributed by atoms with Gasteiger partial charge in [0.05, 0.1) is 6.10 Å². The number of rotatable bonds is 4. The number of allylic oxidation sites excluding steroid dienone is 1. The minimum Gasteiger partial charge on any atom is -0.393 e. The number of aliphatic hydroxyl groups excluding tert-OH is 1. The maximum atomic E-state index is 10.2. The summed E-state index contributed by atoms with van der Waals surface area (Å²) in [6, 6.07) is 4.31. The van der Waals surface area contributed by atoms with Gasteiger partial charge in [0.2, 0.25) is 0 Å². The summed E-state index contributed by atoms with van der Waals surface area (Å²) in [5.74, 6) is 4.32. The van der Waals surface area contributed by atoms with Crippen LogP contribution in [-0.2, 0) is 6.42 Å². The van der Waals surface area contributed by atoms with Gasteiger partial charge in [-0.05, 0) is 116 Å². The number of aliphatic hydroxyl groups is 1. The highest BCUT2D eigenvalue weighted by molar-refractivity contribution is 5.25. The van der Waals surface area contributed by atoms with Crippen LogP contribution in [0.3, 0.4) is 0 Å². The van der Waals surface area contributed by atoms with Crippen molar-refractivity contribution in [2.45, 2.75) is 91.1 Å². The average molecular weight is 408 g/mol. The molecule has 3 fully saturated rings. The Morgan fingerprint density at radius 2 is 2.00 bits per heavy atom. The van der Waals surface area contributed by atoms with Gasteiger partial charge in [0.25, 0.3) is 0 Å². The van der Waals surface area contributed by atoms with Crippen LogP contribution < -0.4 is 0 Å². The van der Waals surface area contributed by atoms with Crippen molar-refractivity contribution in [1.82, 2.24) is 4.98 Å². The van der Waals surface area contributed by atoms with Crippen molar-refractivity contribution in [3.05, 3.63) is 41.7 Å². The molecule has 0 aliphatic heterocycles. The SMILES string of the molecule is CC(CCc1cccnc1)C1CCC2C3CC=C4CC(O)CC[C@]4(C)C3CCC12C. The van der Waals surface area contributed by atoms with Gasteiger partial charge in [0.15, 0.2) is 0 Å². The van der Waals surface area contributed by atoms with Crippen molar-refractivity contribution in [2.24, 2.45) is 40.4 Å². The fourth-order valence-corrected chi connectivity index (χ4v) is 8.76. The third-order valence-electron chi connectivity index (χ3n) is 10.4. The number of aryl methyl sites for hydroxylation is 1. The van der Waals surface area contributed by atoms with Crippen LogP contribution in [0.4, 0.5) is 0 Å². The molecule has 4 aliphatic rings. The lowest BCUT2D eigenvalue weighted by Gasteiger charge is -2.58. The number of pyridine rings is 1. The van der Waals surface area contributed by atoms with Crippen LogP contribution in [0.2, 0.25) is 0 Å². The van der Waals surface area contributed by atoms with E-state index in [0.29, 0.717) is 10.8 Å². The van der Waals surface area contributed by atoms with Gasteiger partial charge in [-0.2, -0.15) is 0 Å². The van der Waals surface area contributed by atoms with Crippen molar-refractivity contribution in [1.29, 1.82) is 0 Å². The predicted octanol–water partition coefficient (Wildman–Crippen LogP) is 6.59. The van der Waals surface area contributed by atoms with Crippen molar-refractivity contribution in [2.75, 3.05) is 0 Å². The average Bonchev–Trinajstić information content (AvgIpc) is 3.10. The van der Waals surface area contributed by atoms with Gasteiger partial charge in [-0.25, -0.2) is 0 Å². The van der Waals surface area contributed by atoms with E-state index < -0.39 is 0 Å². The maximum Gasteiger partial charge on any atom is 0.0577 e. The minimum absolute atomic E-state index is 0.0914. The van der Waals surface area contributed by atoms with Crippen LogP contribution in [0.5, 0.6) is 0 Å². The number of fused-ring (bicyclic) bond motifs is 5. The summed E-state index contributed by atoms with van der Waals surface area (Å²) < 4.78 is 0. The lowest BCUT2D eigenvalue weighted by atomic mass is 9.47. The van der Waals surface area contributed by atoms with Gasteiger partial charge in [0, 0.05) is 12.4 Å². The third-order valence-corrected chi connectivity index (χ3v) is 10.4. The molecular weight excluding hydrogens is 366 g/mol. The van der Waals surface area contributed by atoms with E-state index in [4.69, 9.17) is 0 Å². The Kier molecular flexibility index (Phi) is 5.37. The summed E-state index contributed by atoms with van der Waals surface area (Å²) >= 11 is 0. The summed E-state index contributed by atoms with van der Waals surface area (Å²) in [6.07, 6.45) is 19.0. The molecule has 0 radical (unpaired) electrons. The quantitative estimate of drug-likeness (QED) is 0.571. The molecule has 3 saturated carbocycles. The van der Waals surface area contributed by atoms with Crippen LogP contribution in [0.1, 0.15) is 84.1 Å². The molecule has 0 amide bonds. The molecule has 7 unspecified atom stereocenters. The van der Waals surface area contributed by atoms with Crippen LogP contribution in [0, 0.1) is 40.4 Å². The van der Waals surface area contributed by atoms with Crippen molar-refractivity contribution in [3.8, 4) is 0 Å². The van der Waals surface area contributed by atoms with Gasteiger partial charge in [0.1, 0.15) is 0 Å². The van der Waals surface area contributed by atoms with E-state index >= 15 is 0 Å². The van der Waals surface area contributed by atoms with Gasteiger partial charge in [-0.1, -0.05) is 38.5 Å². The van der Waals surface area contributed by atoms with Crippen molar-refractivity contribution >= 4 is 0 Å². The Bertz CT molecular complexity index is 787. The maximum absolute atomic E-state index is 10.2. The van der Waals surface area contributed by atoms with Gasteiger partial charge in [-0.15, -0.1) is 0 Å². The number of nitrogens with zero attached hydrogens (tertiary/aromatic N) is 1. The predicted molar refractivity (Wildman–Crippen MR) is 123 cm³/mol. The van der Waals surface area contributed by atoms with E-state index in [9.17, 15) is 5.11 Å². The molecule has 0 spiro atoms. The first-order valence-corrected chi connectivity index (χ1v) is 12.7. The van der Waals surface area contributed by atoms with E-state index in [2.05, 4.69) is 44.0 Å². The lowest BCUT2D eigenvalue weighted by Crippen LogP contribution is -2.50. The molecule has 30 heavy (non-hydrogen) atoms. The van der Waals surface area contributed by atoms with Crippen LogP contribution >= 0.6 is 0 Å². The number of aromatic nitrogens is 1. The molecule has 2 heteroatoms.